The van der Waals surface area contributed by atoms with Gasteiger partial charge in [-0.05, 0) is 30.7 Å². The number of carbonyl (C=O) groups excluding carboxylic acids is 1. The van der Waals surface area contributed by atoms with Gasteiger partial charge in [-0.3, -0.25) is 4.79 Å². The van der Waals surface area contributed by atoms with Gasteiger partial charge in [0.2, 0.25) is 5.91 Å². The molecule has 4 rings (SSSR count). The molecule has 3 nitrogen and oxygen atoms in total. The van der Waals surface area contributed by atoms with E-state index < -0.39 is 0 Å². The van der Waals surface area contributed by atoms with E-state index in [-0.39, 0.29) is 0 Å². The summed E-state index contributed by atoms with van der Waals surface area (Å²) in [4.78, 5) is 18.5. The maximum atomic E-state index is 11.7. The molecule has 2 aromatic rings. The maximum Gasteiger partial charge on any atom is 0.222 e. The topological polar surface area (TPSA) is 33.2 Å². The predicted molar refractivity (Wildman–Crippen MR) is 103 cm³/mol. The van der Waals surface area contributed by atoms with Gasteiger partial charge in [0.15, 0.2) is 0 Å². The lowest BCUT2D eigenvalue weighted by molar-refractivity contribution is -0.127. The zero-order chi connectivity index (χ0) is 17.1. The molecule has 0 radical (unpaired) electrons. The van der Waals surface area contributed by atoms with Crippen LogP contribution in [0.2, 0.25) is 0 Å². The Morgan fingerprint density at radius 3 is 2.60 bits per heavy atom. The second-order valence-corrected chi connectivity index (χ2v) is 8.26. The minimum absolute atomic E-state index is 0.301. The first kappa shape index (κ1) is 16.8. The summed E-state index contributed by atoms with van der Waals surface area (Å²) in [5, 5.41) is 3.28. The molecule has 0 bridgehead atoms. The van der Waals surface area contributed by atoms with Gasteiger partial charge in [0.05, 0.1) is 10.7 Å². The number of nitrogens with zero attached hydrogens (tertiary/aromatic N) is 2. The van der Waals surface area contributed by atoms with Crippen LogP contribution in [0.25, 0.3) is 11.3 Å². The molecule has 2 heterocycles. The summed E-state index contributed by atoms with van der Waals surface area (Å²) in [6, 6.07) is 9.06. The van der Waals surface area contributed by atoms with Crippen molar-refractivity contribution in [2.75, 3.05) is 13.1 Å². The van der Waals surface area contributed by atoms with Gasteiger partial charge >= 0.3 is 0 Å². The van der Waals surface area contributed by atoms with Crippen LogP contribution in [0.4, 0.5) is 0 Å². The normalized spacial score (nSPS) is 18.9. The molecule has 1 saturated heterocycles. The average Bonchev–Trinajstić information content (AvgIpc) is 3.30. The highest BCUT2D eigenvalue weighted by Crippen LogP contribution is 2.33. The molecule has 0 spiro atoms. The van der Waals surface area contributed by atoms with Crippen molar-refractivity contribution in [3.8, 4) is 11.3 Å². The SMILES string of the molecule is O=C1CCCN1CCc1nc(-c2ccc(C3CCCCC3)cc2)cs1. The van der Waals surface area contributed by atoms with E-state index in [1.807, 2.05) is 4.90 Å². The number of hydrogen-bond acceptors (Lipinski definition) is 3. The largest absolute Gasteiger partial charge is 0.342 e. The number of benzene rings is 1. The van der Waals surface area contributed by atoms with Crippen LogP contribution in [-0.2, 0) is 11.2 Å². The highest BCUT2D eigenvalue weighted by molar-refractivity contribution is 7.09. The monoisotopic (exact) mass is 354 g/mol. The Bertz CT molecular complexity index is 716. The van der Waals surface area contributed by atoms with E-state index >= 15 is 0 Å². The summed E-state index contributed by atoms with van der Waals surface area (Å²) < 4.78 is 0. The maximum absolute atomic E-state index is 11.7. The molecule has 0 unspecified atom stereocenters. The van der Waals surface area contributed by atoms with Gasteiger partial charge < -0.3 is 4.90 Å². The molecular weight excluding hydrogens is 328 g/mol. The molecule has 2 fully saturated rings. The summed E-state index contributed by atoms with van der Waals surface area (Å²) in [6.07, 6.45) is 9.44. The second kappa shape index (κ2) is 7.69. The van der Waals surface area contributed by atoms with Gasteiger partial charge in [-0.25, -0.2) is 4.98 Å². The van der Waals surface area contributed by atoms with Crippen LogP contribution < -0.4 is 0 Å². The summed E-state index contributed by atoms with van der Waals surface area (Å²) in [5.41, 5.74) is 3.77. The molecule has 1 aliphatic heterocycles. The first-order valence-electron chi connectivity index (χ1n) is 9.62. The van der Waals surface area contributed by atoms with Crippen molar-refractivity contribution in [1.82, 2.24) is 9.88 Å². The summed E-state index contributed by atoms with van der Waals surface area (Å²) in [6.45, 7) is 1.73. The molecule has 1 aromatic heterocycles. The first-order chi connectivity index (χ1) is 12.3. The predicted octanol–water partition coefficient (Wildman–Crippen LogP) is 5.02. The number of rotatable bonds is 5. The molecule has 0 atom stereocenters. The lowest BCUT2D eigenvalue weighted by Gasteiger charge is -2.22. The van der Waals surface area contributed by atoms with Crippen molar-refractivity contribution < 1.29 is 4.79 Å². The third-order valence-electron chi connectivity index (χ3n) is 5.60. The number of carbonyl (C=O) groups is 1. The fraction of sp³-hybridized carbons (Fsp3) is 0.524. The Labute approximate surface area is 154 Å². The molecule has 132 valence electrons. The van der Waals surface area contributed by atoms with E-state index in [2.05, 4.69) is 29.6 Å². The van der Waals surface area contributed by atoms with Crippen molar-refractivity contribution in [3.05, 3.63) is 40.2 Å². The lowest BCUT2D eigenvalue weighted by Crippen LogP contribution is -2.26. The summed E-state index contributed by atoms with van der Waals surface area (Å²) >= 11 is 1.71. The van der Waals surface area contributed by atoms with Crippen molar-refractivity contribution in [3.63, 3.8) is 0 Å². The highest BCUT2D eigenvalue weighted by Gasteiger charge is 2.20. The van der Waals surface area contributed by atoms with Crippen LogP contribution in [0.1, 0.15) is 61.4 Å². The minimum Gasteiger partial charge on any atom is -0.342 e. The standard InChI is InChI=1S/C21H26N2OS/c24-21-7-4-13-23(21)14-12-20-22-19(15-25-20)18-10-8-17(9-11-18)16-5-2-1-3-6-16/h8-11,15-16H,1-7,12-14H2. The second-order valence-electron chi connectivity index (χ2n) is 7.32. The molecule has 2 aliphatic rings. The average molecular weight is 355 g/mol. The summed E-state index contributed by atoms with van der Waals surface area (Å²) in [5.74, 6) is 1.06. The molecule has 1 aromatic carbocycles. The molecule has 1 aliphatic carbocycles. The Hall–Kier alpha value is -1.68. The summed E-state index contributed by atoms with van der Waals surface area (Å²) in [7, 11) is 0. The number of hydrogen-bond donors (Lipinski definition) is 0. The molecule has 4 heteroatoms. The minimum atomic E-state index is 0.301. The van der Waals surface area contributed by atoms with Crippen molar-refractivity contribution >= 4 is 17.2 Å². The van der Waals surface area contributed by atoms with Gasteiger partial charge in [0.25, 0.3) is 0 Å². The van der Waals surface area contributed by atoms with Gasteiger partial charge in [-0.15, -0.1) is 11.3 Å². The van der Waals surface area contributed by atoms with Crippen molar-refractivity contribution in [1.29, 1.82) is 0 Å². The third-order valence-corrected chi connectivity index (χ3v) is 6.51. The van der Waals surface area contributed by atoms with E-state index in [4.69, 9.17) is 4.98 Å². The number of amides is 1. The molecule has 1 saturated carbocycles. The van der Waals surface area contributed by atoms with E-state index in [1.54, 1.807) is 11.3 Å². The zero-order valence-corrected chi connectivity index (χ0v) is 15.6. The fourth-order valence-electron chi connectivity index (χ4n) is 4.09. The number of aromatic nitrogens is 1. The molecule has 1 amide bonds. The van der Waals surface area contributed by atoms with E-state index in [0.717, 1.165) is 49.0 Å². The molecular formula is C21H26N2OS. The Balaban J connectivity index is 1.38. The molecule has 0 N–H and O–H groups in total. The smallest absolute Gasteiger partial charge is 0.222 e. The van der Waals surface area contributed by atoms with Gasteiger partial charge in [0, 0.05) is 36.9 Å². The Kier molecular flexibility index (Phi) is 5.16. The van der Waals surface area contributed by atoms with Gasteiger partial charge in [-0.2, -0.15) is 0 Å². The quantitative estimate of drug-likeness (QED) is 0.755. The van der Waals surface area contributed by atoms with Crippen LogP contribution in [0.15, 0.2) is 29.6 Å². The van der Waals surface area contributed by atoms with E-state index in [0.29, 0.717) is 5.91 Å². The Morgan fingerprint density at radius 1 is 1.08 bits per heavy atom. The van der Waals surface area contributed by atoms with Crippen LogP contribution in [-0.4, -0.2) is 28.9 Å². The zero-order valence-electron chi connectivity index (χ0n) is 14.7. The molecule has 25 heavy (non-hydrogen) atoms. The first-order valence-corrected chi connectivity index (χ1v) is 10.5. The fourth-order valence-corrected chi connectivity index (χ4v) is 4.89. The number of thiazole rings is 1. The van der Waals surface area contributed by atoms with Crippen molar-refractivity contribution in [2.24, 2.45) is 0 Å². The lowest BCUT2D eigenvalue weighted by atomic mass is 9.84. The van der Waals surface area contributed by atoms with Crippen LogP contribution in [0.3, 0.4) is 0 Å². The number of likely N-dealkylation sites (tertiary alicyclic amines) is 1. The van der Waals surface area contributed by atoms with E-state index in [9.17, 15) is 4.79 Å². The van der Waals surface area contributed by atoms with E-state index in [1.165, 1.54) is 43.2 Å². The van der Waals surface area contributed by atoms with Crippen LogP contribution >= 0.6 is 11.3 Å². The Morgan fingerprint density at radius 2 is 1.88 bits per heavy atom. The van der Waals surface area contributed by atoms with Crippen LogP contribution in [0, 0.1) is 0 Å². The van der Waals surface area contributed by atoms with Crippen LogP contribution in [0.5, 0.6) is 0 Å². The highest BCUT2D eigenvalue weighted by atomic mass is 32.1. The van der Waals surface area contributed by atoms with Crippen molar-refractivity contribution in [2.45, 2.75) is 57.3 Å². The third kappa shape index (κ3) is 3.95. The van der Waals surface area contributed by atoms with Gasteiger partial charge in [0.1, 0.15) is 0 Å². The van der Waals surface area contributed by atoms with Gasteiger partial charge in [-0.1, -0.05) is 43.5 Å².